The third-order valence-corrected chi connectivity index (χ3v) is 5.49. The van der Waals surface area contributed by atoms with Crippen molar-refractivity contribution >= 4 is 41.5 Å². The van der Waals surface area contributed by atoms with E-state index in [4.69, 9.17) is 21.1 Å². The number of likely N-dealkylation sites (tertiary alicyclic amines) is 1. The van der Waals surface area contributed by atoms with Crippen LogP contribution in [0.3, 0.4) is 0 Å². The molecule has 2 aliphatic rings. The van der Waals surface area contributed by atoms with Crippen molar-refractivity contribution in [1.29, 1.82) is 0 Å². The van der Waals surface area contributed by atoms with E-state index in [1.165, 1.54) is 12.1 Å². The molecule has 0 saturated carbocycles. The van der Waals surface area contributed by atoms with Crippen LogP contribution < -0.4 is 10.1 Å². The van der Waals surface area contributed by atoms with Crippen molar-refractivity contribution in [1.82, 2.24) is 10.2 Å². The van der Waals surface area contributed by atoms with E-state index in [1.807, 2.05) is 6.92 Å². The summed E-state index contributed by atoms with van der Waals surface area (Å²) >= 11 is 6.03. The summed E-state index contributed by atoms with van der Waals surface area (Å²) in [5.41, 5.74) is 0.521. The van der Waals surface area contributed by atoms with Gasteiger partial charge in [0.2, 0.25) is 0 Å². The molecule has 0 radical (unpaired) electrons. The molecule has 1 aromatic rings. The Morgan fingerprint density at radius 3 is 2.74 bits per heavy atom. The molecule has 6 nitrogen and oxygen atoms in total. The number of aliphatic imine (C=N–C) groups is 1. The first-order valence-corrected chi connectivity index (χ1v) is 10.9. The van der Waals surface area contributed by atoms with Gasteiger partial charge < -0.3 is 24.4 Å². The predicted molar refractivity (Wildman–Crippen MR) is 128 cm³/mol. The van der Waals surface area contributed by atoms with E-state index < -0.39 is 6.61 Å². The van der Waals surface area contributed by atoms with Gasteiger partial charge in [-0.25, -0.2) is 4.99 Å². The summed E-state index contributed by atoms with van der Waals surface area (Å²) in [5, 5.41) is 3.74. The number of rotatable bonds is 8. The summed E-state index contributed by atoms with van der Waals surface area (Å²) < 4.78 is 41.6. The molecule has 1 aromatic carbocycles. The number of ether oxygens (including phenoxy) is 3. The number of hydrogen-bond acceptors (Lipinski definition) is 4. The standard InChI is InChI=1S/C21H30ClF2N3O3.HI/c1-2-25-21(26-13-15-12-16(22)5-6-19(15)30-20(23)24)27-9-7-17(8-10-27)29-14-18-4-3-11-28-18;/h5-6,12,17-18,20H,2-4,7-11,13-14H2,1H3,(H,25,26);1H. The molecule has 0 amide bonds. The zero-order valence-electron chi connectivity index (χ0n) is 17.7. The Kier molecular flexibility index (Phi) is 11.6. The molecular weight excluding hydrogens is 543 g/mol. The van der Waals surface area contributed by atoms with Crippen molar-refractivity contribution in [3.8, 4) is 5.75 Å². The van der Waals surface area contributed by atoms with Crippen LogP contribution in [-0.2, 0) is 16.0 Å². The molecule has 1 unspecified atom stereocenters. The lowest BCUT2D eigenvalue weighted by Gasteiger charge is -2.34. The SMILES string of the molecule is CCNC(=NCc1cc(Cl)ccc1OC(F)F)N1CCC(OCC2CCCO2)CC1.I. The lowest BCUT2D eigenvalue weighted by atomic mass is 10.1. The van der Waals surface area contributed by atoms with Crippen LogP contribution >= 0.6 is 35.6 Å². The molecule has 0 spiro atoms. The monoisotopic (exact) mass is 573 g/mol. The van der Waals surface area contributed by atoms with Gasteiger partial charge in [-0.3, -0.25) is 0 Å². The van der Waals surface area contributed by atoms with Crippen LogP contribution in [0.15, 0.2) is 23.2 Å². The zero-order valence-corrected chi connectivity index (χ0v) is 20.8. The number of hydrogen-bond donors (Lipinski definition) is 1. The molecule has 3 rings (SSSR count). The Labute approximate surface area is 204 Å². The molecule has 2 aliphatic heterocycles. The van der Waals surface area contributed by atoms with E-state index in [1.54, 1.807) is 6.07 Å². The van der Waals surface area contributed by atoms with Crippen molar-refractivity contribution < 1.29 is 23.0 Å². The predicted octanol–water partition coefficient (Wildman–Crippen LogP) is 4.68. The maximum Gasteiger partial charge on any atom is 0.387 e. The highest BCUT2D eigenvalue weighted by Gasteiger charge is 2.24. The number of nitrogens with zero attached hydrogens (tertiary/aromatic N) is 2. The summed E-state index contributed by atoms with van der Waals surface area (Å²) in [6.45, 7) is 3.15. The molecule has 1 atom stereocenters. The van der Waals surface area contributed by atoms with Gasteiger partial charge in [0.1, 0.15) is 5.75 Å². The average molecular weight is 574 g/mol. The van der Waals surface area contributed by atoms with Crippen molar-refractivity contribution in [2.45, 2.75) is 58.0 Å². The molecule has 0 aliphatic carbocycles. The van der Waals surface area contributed by atoms with Crippen molar-refractivity contribution in [3.05, 3.63) is 28.8 Å². The minimum Gasteiger partial charge on any atom is -0.434 e. The van der Waals surface area contributed by atoms with Crippen LogP contribution in [0.1, 0.15) is 38.2 Å². The van der Waals surface area contributed by atoms with Crippen molar-refractivity contribution in [2.75, 3.05) is 32.8 Å². The topological polar surface area (TPSA) is 55.3 Å². The maximum absolute atomic E-state index is 12.7. The van der Waals surface area contributed by atoms with Crippen LogP contribution in [0.5, 0.6) is 5.75 Å². The highest BCUT2D eigenvalue weighted by atomic mass is 127. The van der Waals surface area contributed by atoms with Gasteiger partial charge in [0.15, 0.2) is 5.96 Å². The highest BCUT2D eigenvalue weighted by Crippen LogP contribution is 2.25. The molecule has 1 N–H and O–H groups in total. The van der Waals surface area contributed by atoms with E-state index in [0.717, 1.165) is 51.3 Å². The summed E-state index contributed by atoms with van der Waals surface area (Å²) in [5.74, 6) is 0.841. The Morgan fingerprint density at radius 1 is 1.32 bits per heavy atom. The molecule has 2 fully saturated rings. The highest BCUT2D eigenvalue weighted by molar-refractivity contribution is 14.0. The van der Waals surface area contributed by atoms with Gasteiger partial charge in [-0.1, -0.05) is 11.6 Å². The van der Waals surface area contributed by atoms with E-state index in [-0.39, 0.29) is 48.5 Å². The van der Waals surface area contributed by atoms with Gasteiger partial charge >= 0.3 is 6.61 Å². The first-order chi connectivity index (χ1) is 14.5. The number of guanidine groups is 1. The van der Waals surface area contributed by atoms with E-state index in [0.29, 0.717) is 23.7 Å². The van der Waals surface area contributed by atoms with Crippen LogP contribution in [0, 0.1) is 0 Å². The molecule has 0 aromatic heterocycles. The maximum atomic E-state index is 12.7. The van der Waals surface area contributed by atoms with Gasteiger partial charge in [0.05, 0.1) is 25.4 Å². The Bertz CT molecular complexity index is 700. The molecule has 2 heterocycles. The van der Waals surface area contributed by atoms with Crippen LogP contribution in [0.25, 0.3) is 0 Å². The number of benzene rings is 1. The molecule has 31 heavy (non-hydrogen) atoms. The molecular formula is C21H31ClF2IN3O3. The minimum atomic E-state index is -2.89. The lowest BCUT2D eigenvalue weighted by Crippen LogP contribution is -2.47. The van der Waals surface area contributed by atoms with Gasteiger partial charge in [-0.2, -0.15) is 8.78 Å². The lowest BCUT2D eigenvalue weighted by molar-refractivity contribution is -0.0504. The fourth-order valence-corrected chi connectivity index (χ4v) is 3.92. The first-order valence-electron chi connectivity index (χ1n) is 10.5. The number of nitrogens with one attached hydrogen (secondary N) is 1. The first kappa shape index (κ1) is 26.3. The second-order valence-electron chi connectivity index (χ2n) is 7.46. The van der Waals surface area contributed by atoms with Crippen LogP contribution in [0.4, 0.5) is 8.78 Å². The van der Waals surface area contributed by atoms with Crippen LogP contribution in [0.2, 0.25) is 5.02 Å². The number of alkyl halides is 2. The summed E-state index contributed by atoms with van der Waals surface area (Å²) in [6, 6.07) is 4.58. The zero-order chi connectivity index (χ0) is 21.3. The summed E-state index contributed by atoms with van der Waals surface area (Å²) in [4.78, 5) is 6.81. The minimum absolute atomic E-state index is 0. The smallest absolute Gasteiger partial charge is 0.387 e. The number of piperidine rings is 1. The Morgan fingerprint density at radius 2 is 2.10 bits per heavy atom. The summed E-state index contributed by atoms with van der Waals surface area (Å²) in [7, 11) is 0. The Hall–Kier alpha value is -0.910. The van der Waals surface area contributed by atoms with Gasteiger partial charge in [-0.05, 0) is 50.8 Å². The third kappa shape index (κ3) is 8.51. The van der Waals surface area contributed by atoms with Gasteiger partial charge in [0, 0.05) is 36.8 Å². The van der Waals surface area contributed by atoms with E-state index in [2.05, 4.69) is 19.9 Å². The molecule has 176 valence electrons. The van der Waals surface area contributed by atoms with Crippen molar-refractivity contribution in [3.63, 3.8) is 0 Å². The summed E-state index contributed by atoms with van der Waals surface area (Å²) in [6.07, 6.45) is 4.49. The number of halogens is 4. The van der Waals surface area contributed by atoms with Gasteiger partial charge in [0.25, 0.3) is 0 Å². The van der Waals surface area contributed by atoms with Gasteiger partial charge in [-0.15, -0.1) is 24.0 Å². The average Bonchev–Trinajstić information content (AvgIpc) is 3.25. The largest absolute Gasteiger partial charge is 0.434 e. The second-order valence-corrected chi connectivity index (χ2v) is 7.89. The molecule has 10 heteroatoms. The Balaban J connectivity index is 0.00000341. The fraction of sp³-hybridized carbons (Fsp3) is 0.667. The third-order valence-electron chi connectivity index (χ3n) is 5.26. The van der Waals surface area contributed by atoms with E-state index >= 15 is 0 Å². The molecule has 2 saturated heterocycles. The van der Waals surface area contributed by atoms with E-state index in [9.17, 15) is 8.78 Å². The normalized spacial score (nSPS) is 20.1. The second kappa shape index (κ2) is 13.6. The quantitative estimate of drug-likeness (QED) is 0.278. The molecule has 0 bridgehead atoms. The fourth-order valence-electron chi connectivity index (χ4n) is 3.72. The van der Waals surface area contributed by atoms with Crippen molar-refractivity contribution in [2.24, 2.45) is 4.99 Å². The van der Waals surface area contributed by atoms with Crippen LogP contribution in [-0.4, -0.2) is 62.5 Å².